The first-order valence-electron chi connectivity index (χ1n) is 7.67. The standard InChI is InChI=1S/C16H19ClN2O6S/c1-4-25-16-12(14(21)15(16)22)19(17)10-6-5-7-11(13(10)20)26(3,23)18-8-9-24-2/h5-7,20H,4,8-9H2,1-3H3. The summed E-state index contributed by atoms with van der Waals surface area (Å²) < 4.78 is 27.7. The minimum absolute atomic E-state index is 0.00580. The minimum Gasteiger partial charge on any atom is -0.504 e. The molecule has 1 N–H and O–H groups in total. The van der Waals surface area contributed by atoms with Crippen molar-refractivity contribution < 1.29 is 18.8 Å². The highest BCUT2D eigenvalue weighted by molar-refractivity contribution is 7.93. The Balaban J connectivity index is 2.49. The molecule has 142 valence electrons. The van der Waals surface area contributed by atoms with Crippen molar-refractivity contribution in [1.29, 1.82) is 0 Å². The molecular formula is C16H19ClN2O6S. The quantitative estimate of drug-likeness (QED) is 0.407. The molecule has 0 aliphatic rings. The van der Waals surface area contributed by atoms with Crippen LogP contribution in [0, 0.1) is 0 Å². The second-order valence-corrected chi connectivity index (χ2v) is 7.96. The highest BCUT2D eigenvalue weighted by Crippen LogP contribution is 2.40. The summed E-state index contributed by atoms with van der Waals surface area (Å²) in [5, 5.41) is 10.5. The molecule has 8 nitrogen and oxygen atoms in total. The summed E-state index contributed by atoms with van der Waals surface area (Å²) in [5.41, 5.74) is -1.79. The highest BCUT2D eigenvalue weighted by atomic mass is 35.5. The van der Waals surface area contributed by atoms with E-state index >= 15 is 0 Å². The molecule has 2 rings (SSSR count). The molecule has 0 spiro atoms. The van der Waals surface area contributed by atoms with Crippen LogP contribution in [0.5, 0.6) is 11.5 Å². The number of hydrogen-bond donors (Lipinski definition) is 1. The molecule has 1 unspecified atom stereocenters. The largest absolute Gasteiger partial charge is 0.504 e. The van der Waals surface area contributed by atoms with Gasteiger partial charge < -0.3 is 14.6 Å². The van der Waals surface area contributed by atoms with Crippen LogP contribution in [0.2, 0.25) is 0 Å². The summed E-state index contributed by atoms with van der Waals surface area (Å²) in [6.07, 6.45) is 1.38. The van der Waals surface area contributed by atoms with Gasteiger partial charge in [-0.15, -0.1) is 0 Å². The van der Waals surface area contributed by atoms with Crippen molar-refractivity contribution in [3.05, 3.63) is 38.6 Å². The van der Waals surface area contributed by atoms with Gasteiger partial charge in [-0.25, -0.2) is 13.0 Å². The lowest BCUT2D eigenvalue weighted by atomic mass is 10.2. The average molecular weight is 403 g/mol. The van der Waals surface area contributed by atoms with E-state index in [1.54, 1.807) is 6.92 Å². The van der Waals surface area contributed by atoms with E-state index in [4.69, 9.17) is 21.3 Å². The zero-order chi connectivity index (χ0) is 19.5. The first kappa shape index (κ1) is 20.2. The number of phenols is 1. The number of halogens is 1. The van der Waals surface area contributed by atoms with E-state index in [0.717, 1.165) is 4.42 Å². The van der Waals surface area contributed by atoms with Gasteiger partial charge in [0, 0.05) is 25.1 Å². The molecule has 0 saturated heterocycles. The van der Waals surface area contributed by atoms with Crippen LogP contribution < -0.4 is 20.0 Å². The van der Waals surface area contributed by atoms with Gasteiger partial charge in [-0.2, -0.15) is 0 Å². The van der Waals surface area contributed by atoms with Crippen molar-refractivity contribution in [3.63, 3.8) is 0 Å². The summed E-state index contributed by atoms with van der Waals surface area (Å²) in [5.74, 6) is -0.564. The van der Waals surface area contributed by atoms with Crippen LogP contribution in [-0.2, 0) is 14.5 Å². The molecule has 1 atom stereocenters. The summed E-state index contributed by atoms with van der Waals surface area (Å²) in [7, 11) is -1.42. The number of rotatable bonds is 8. The molecule has 2 aromatic rings. The van der Waals surface area contributed by atoms with Crippen LogP contribution in [0.15, 0.2) is 37.0 Å². The Morgan fingerprint density at radius 1 is 1.31 bits per heavy atom. The van der Waals surface area contributed by atoms with E-state index in [-0.39, 0.29) is 41.8 Å². The fourth-order valence-electron chi connectivity index (χ4n) is 2.28. The highest BCUT2D eigenvalue weighted by Gasteiger charge is 2.30. The molecular weight excluding hydrogens is 384 g/mol. The summed E-state index contributed by atoms with van der Waals surface area (Å²) in [4.78, 5) is 23.5. The number of ether oxygens (including phenoxy) is 2. The number of anilines is 2. The molecule has 0 fully saturated rings. The molecule has 0 bridgehead atoms. The third-order valence-electron chi connectivity index (χ3n) is 3.56. The van der Waals surface area contributed by atoms with E-state index in [0.29, 0.717) is 0 Å². The Kier molecular flexibility index (Phi) is 6.27. The van der Waals surface area contributed by atoms with Crippen LogP contribution in [0.4, 0.5) is 11.4 Å². The zero-order valence-corrected chi connectivity index (χ0v) is 16.1. The van der Waals surface area contributed by atoms with Crippen molar-refractivity contribution >= 4 is 32.9 Å². The van der Waals surface area contributed by atoms with Gasteiger partial charge in [-0.3, -0.25) is 9.59 Å². The van der Waals surface area contributed by atoms with Gasteiger partial charge in [0.25, 0.3) is 10.9 Å². The van der Waals surface area contributed by atoms with Crippen molar-refractivity contribution in [2.75, 3.05) is 37.5 Å². The van der Waals surface area contributed by atoms with Crippen molar-refractivity contribution in [1.82, 2.24) is 0 Å². The van der Waals surface area contributed by atoms with E-state index < -0.39 is 26.3 Å². The van der Waals surface area contributed by atoms with Gasteiger partial charge in [-0.1, -0.05) is 6.07 Å². The topological polar surface area (TPSA) is 106 Å². The predicted octanol–water partition coefficient (Wildman–Crippen LogP) is 1.78. The predicted molar refractivity (Wildman–Crippen MR) is 100 cm³/mol. The van der Waals surface area contributed by atoms with E-state index in [1.807, 2.05) is 0 Å². The maximum atomic E-state index is 12.8. The SMILES string of the molecule is CCOc1c(N(Cl)c2cccc(S(C)(=O)=NCCOC)c2O)c(=O)c1=O. The van der Waals surface area contributed by atoms with Crippen molar-refractivity contribution in [3.8, 4) is 11.5 Å². The summed E-state index contributed by atoms with van der Waals surface area (Å²) in [6.45, 7) is 2.31. The normalized spacial score (nSPS) is 13.4. The van der Waals surface area contributed by atoms with Crippen LogP contribution in [-0.4, -0.2) is 42.4 Å². The third-order valence-corrected chi connectivity index (χ3v) is 5.73. The Hall–Kier alpha value is -2.10. The average Bonchev–Trinajstić information content (AvgIpc) is 2.61. The van der Waals surface area contributed by atoms with Crippen LogP contribution in [0.3, 0.4) is 0 Å². The smallest absolute Gasteiger partial charge is 0.272 e. The number of phenolic OH excluding ortho intramolecular Hbond substituents is 1. The van der Waals surface area contributed by atoms with Gasteiger partial charge in [0.05, 0.1) is 34.4 Å². The zero-order valence-electron chi connectivity index (χ0n) is 14.5. The minimum atomic E-state index is -2.92. The first-order valence-corrected chi connectivity index (χ1v) is 9.93. The lowest BCUT2D eigenvalue weighted by molar-refractivity contribution is 0.208. The second kappa shape index (κ2) is 8.07. The fraction of sp³-hybridized carbons (Fsp3) is 0.375. The molecule has 0 amide bonds. The van der Waals surface area contributed by atoms with Gasteiger partial charge in [0.15, 0.2) is 17.2 Å². The maximum absolute atomic E-state index is 12.8. The lowest BCUT2D eigenvalue weighted by Gasteiger charge is -2.21. The molecule has 0 aliphatic heterocycles. The summed E-state index contributed by atoms with van der Waals surface area (Å²) in [6, 6.07) is 4.39. The molecule has 2 aromatic carbocycles. The number of methoxy groups -OCH3 is 1. The van der Waals surface area contributed by atoms with E-state index in [1.165, 1.54) is 31.6 Å². The van der Waals surface area contributed by atoms with Crippen molar-refractivity contribution in [2.45, 2.75) is 11.8 Å². The van der Waals surface area contributed by atoms with E-state index in [2.05, 4.69) is 4.36 Å². The molecule has 0 aromatic heterocycles. The summed E-state index contributed by atoms with van der Waals surface area (Å²) >= 11 is 6.17. The van der Waals surface area contributed by atoms with Crippen LogP contribution >= 0.6 is 11.8 Å². The molecule has 0 aliphatic carbocycles. The Morgan fingerprint density at radius 2 is 2.00 bits per heavy atom. The van der Waals surface area contributed by atoms with Gasteiger partial charge in [0.1, 0.15) is 5.69 Å². The second-order valence-electron chi connectivity index (χ2n) is 5.32. The molecule has 10 heteroatoms. The monoisotopic (exact) mass is 402 g/mol. The Bertz CT molecular complexity index is 989. The molecule has 0 heterocycles. The van der Waals surface area contributed by atoms with Crippen LogP contribution in [0.1, 0.15) is 6.92 Å². The number of aromatic hydroxyl groups is 1. The van der Waals surface area contributed by atoms with Gasteiger partial charge in [0.2, 0.25) is 0 Å². The lowest BCUT2D eigenvalue weighted by Crippen LogP contribution is -2.37. The Morgan fingerprint density at radius 3 is 2.62 bits per heavy atom. The first-order chi connectivity index (χ1) is 12.3. The van der Waals surface area contributed by atoms with Gasteiger partial charge in [-0.05, 0) is 19.1 Å². The third kappa shape index (κ3) is 3.69. The molecule has 0 saturated carbocycles. The number of para-hydroxylation sites is 1. The van der Waals surface area contributed by atoms with Crippen LogP contribution in [0.25, 0.3) is 0 Å². The number of nitrogens with zero attached hydrogens (tertiary/aromatic N) is 2. The van der Waals surface area contributed by atoms with E-state index in [9.17, 15) is 18.9 Å². The molecule has 26 heavy (non-hydrogen) atoms. The number of hydrogen-bond acceptors (Lipinski definition) is 8. The van der Waals surface area contributed by atoms with Gasteiger partial charge >= 0.3 is 0 Å². The fourth-order valence-corrected chi connectivity index (χ4v) is 3.93. The Labute approximate surface area is 155 Å². The maximum Gasteiger partial charge on any atom is 0.272 e. The van der Waals surface area contributed by atoms with Crippen molar-refractivity contribution in [2.24, 2.45) is 4.36 Å². The number of benzene rings is 1. The molecule has 0 radical (unpaired) electrons.